The van der Waals surface area contributed by atoms with Crippen molar-refractivity contribution in [3.8, 4) is 11.5 Å². The van der Waals surface area contributed by atoms with Crippen LogP contribution in [-0.2, 0) is 12.8 Å². The largest absolute Gasteiger partial charge is 0.493 e. The zero-order chi connectivity index (χ0) is 15.1. The lowest BCUT2D eigenvalue weighted by molar-refractivity contribution is 0.354. The molecule has 0 aliphatic rings. The maximum Gasteiger partial charge on any atom is 0.160 e. The molecule has 21 heavy (non-hydrogen) atoms. The average molecular weight is 287 g/mol. The van der Waals surface area contributed by atoms with E-state index in [0.717, 1.165) is 35.6 Å². The number of nitrogens with zero attached hydrogens (tertiary/aromatic N) is 1. The van der Waals surface area contributed by atoms with E-state index < -0.39 is 0 Å². The molecule has 0 radical (unpaired) electrons. The van der Waals surface area contributed by atoms with Crippen LogP contribution in [0.1, 0.15) is 11.3 Å². The molecule has 0 amide bonds. The first-order valence-corrected chi connectivity index (χ1v) is 6.83. The number of rotatable bonds is 7. The molecule has 5 nitrogen and oxygen atoms in total. The van der Waals surface area contributed by atoms with Gasteiger partial charge in [-0.15, -0.1) is 0 Å². The molecule has 0 spiro atoms. The Hall–Kier alpha value is -2.11. The summed E-state index contributed by atoms with van der Waals surface area (Å²) in [4.78, 5) is 4.33. The first-order valence-electron chi connectivity index (χ1n) is 6.83. The number of pyridine rings is 1. The highest BCUT2D eigenvalue weighted by molar-refractivity contribution is 5.43. The molecule has 0 aliphatic carbocycles. The summed E-state index contributed by atoms with van der Waals surface area (Å²) in [6, 6.07) is 11.9. The minimum Gasteiger partial charge on any atom is -0.493 e. The van der Waals surface area contributed by atoms with Gasteiger partial charge < -0.3 is 9.47 Å². The molecule has 1 aromatic carbocycles. The van der Waals surface area contributed by atoms with Crippen molar-refractivity contribution in [2.75, 3.05) is 14.2 Å². The highest BCUT2D eigenvalue weighted by Crippen LogP contribution is 2.28. The summed E-state index contributed by atoms with van der Waals surface area (Å²) in [7, 11) is 3.26. The van der Waals surface area contributed by atoms with E-state index >= 15 is 0 Å². The minimum absolute atomic E-state index is 0.109. The molecular weight excluding hydrogens is 266 g/mol. The zero-order valence-electron chi connectivity index (χ0n) is 12.4. The predicted octanol–water partition coefficient (Wildman–Crippen LogP) is 1.72. The number of hydrogen-bond donors (Lipinski definition) is 2. The van der Waals surface area contributed by atoms with Crippen LogP contribution >= 0.6 is 0 Å². The molecule has 3 N–H and O–H groups in total. The van der Waals surface area contributed by atoms with Crippen molar-refractivity contribution >= 4 is 0 Å². The Labute approximate surface area is 125 Å². The molecule has 112 valence electrons. The molecule has 1 heterocycles. The molecule has 0 aliphatic heterocycles. The van der Waals surface area contributed by atoms with Crippen molar-refractivity contribution in [2.45, 2.75) is 18.9 Å². The van der Waals surface area contributed by atoms with Crippen LogP contribution < -0.4 is 20.7 Å². The number of hydrazine groups is 1. The van der Waals surface area contributed by atoms with E-state index in [4.69, 9.17) is 15.3 Å². The number of nitrogens with two attached hydrogens (primary N) is 1. The van der Waals surface area contributed by atoms with E-state index in [0.29, 0.717) is 0 Å². The number of ether oxygens (including phenoxy) is 2. The van der Waals surface area contributed by atoms with E-state index in [9.17, 15) is 0 Å². The lowest BCUT2D eigenvalue weighted by Crippen LogP contribution is -2.38. The number of aromatic nitrogens is 1. The van der Waals surface area contributed by atoms with E-state index in [2.05, 4.69) is 10.4 Å². The Bertz CT molecular complexity index is 561. The van der Waals surface area contributed by atoms with Crippen LogP contribution in [0, 0.1) is 0 Å². The quantitative estimate of drug-likeness (QED) is 0.599. The lowest BCUT2D eigenvalue weighted by atomic mass is 10.0. The summed E-state index contributed by atoms with van der Waals surface area (Å²) in [6.07, 6.45) is 3.35. The first-order chi connectivity index (χ1) is 10.3. The maximum atomic E-state index is 5.66. The molecule has 1 atom stereocenters. The molecular formula is C16H21N3O2. The fourth-order valence-corrected chi connectivity index (χ4v) is 2.25. The second-order valence-electron chi connectivity index (χ2n) is 4.78. The standard InChI is InChI=1S/C16H21N3O2/c1-20-15-7-6-12(10-16(15)21-2)9-14(19-17)11-13-5-3-4-8-18-13/h3-8,10,14,19H,9,11,17H2,1-2H3. The van der Waals surface area contributed by atoms with Gasteiger partial charge in [0.25, 0.3) is 0 Å². The van der Waals surface area contributed by atoms with Gasteiger partial charge in [-0.1, -0.05) is 12.1 Å². The van der Waals surface area contributed by atoms with Crippen LogP contribution in [0.15, 0.2) is 42.6 Å². The summed E-state index contributed by atoms with van der Waals surface area (Å²) < 4.78 is 10.6. The summed E-state index contributed by atoms with van der Waals surface area (Å²) in [6.45, 7) is 0. The third-order valence-corrected chi connectivity index (χ3v) is 3.35. The molecule has 1 aromatic heterocycles. The van der Waals surface area contributed by atoms with Crippen LogP contribution in [-0.4, -0.2) is 25.2 Å². The van der Waals surface area contributed by atoms with Gasteiger partial charge in [-0.05, 0) is 36.2 Å². The average Bonchev–Trinajstić information content (AvgIpc) is 2.55. The predicted molar refractivity (Wildman–Crippen MR) is 82.3 cm³/mol. The highest BCUT2D eigenvalue weighted by atomic mass is 16.5. The Morgan fingerprint density at radius 2 is 1.90 bits per heavy atom. The molecule has 0 saturated carbocycles. The van der Waals surface area contributed by atoms with Gasteiger partial charge in [-0.25, -0.2) is 0 Å². The molecule has 5 heteroatoms. The first kappa shape index (κ1) is 15.3. The molecule has 0 saturated heterocycles. The third-order valence-electron chi connectivity index (χ3n) is 3.35. The Morgan fingerprint density at radius 1 is 1.10 bits per heavy atom. The van der Waals surface area contributed by atoms with Crippen molar-refractivity contribution in [1.29, 1.82) is 0 Å². The number of benzene rings is 1. The van der Waals surface area contributed by atoms with E-state index in [-0.39, 0.29) is 6.04 Å². The second-order valence-corrected chi connectivity index (χ2v) is 4.78. The minimum atomic E-state index is 0.109. The van der Waals surface area contributed by atoms with Crippen molar-refractivity contribution in [1.82, 2.24) is 10.4 Å². The molecule has 0 bridgehead atoms. The summed E-state index contributed by atoms with van der Waals surface area (Å²) in [5.74, 6) is 7.11. The lowest BCUT2D eigenvalue weighted by Gasteiger charge is -2.16. The Morgan fingerprint density at radius 3 is 2.52 bits per heavy atom. The zero-order valence-corrected chi connectivity index (χ0v) is 12.4. The number of nitrogens with one attached hydrogen (secondary N) is 1. The highest BCUT2D eigenvalue weighted by Gasteiger charge is 2.12. The maximum absolute atomic E-state index is 5.66. The van der Waals surface area contributed by atoms with E-state index in [1.54, 1.807) is 20.4 Å². The topological polar surface area (TPSA) is 69.4 Å². The molecule has 2 aromatic rings. The van der Waals surface area contributed by atoms with Crippen LogP contribution in [0.4, 0.5) is 0 Å². The van der Waals surface area contributed by atoms with Crippen LogP contribution in [0.2, 0.25) is 0 Å². The van der Waals surface area contributed by atoms with Crippen molar-refractivity contribution in [3.05, 3.63) is 53.9 Å². The molecule has 1 unspecified atom stereocenters. The van der Waals surface area contributed by atoms with Crippen molar-refractivity contribution in [3.63, 3.8) is 0 Å². The van der Waals surface area contributed by atoms with Crippen molar-refractivity contribution in [2.24, 2.45) is 5.84 Å². The second kappa shape index (κ2) is 7.61. The summed E-state index contributed by atoms with van der Waals surface area (Å²) in [5.41, 5.74) is 5.00. The van der Waals surface area contributed by atoms with E-state index in [1.165, 1.54) is 0 Å². The van der Waals surface area contributed by atoms with E-state index in [1.807, 2.05) is 36.4 Å². The SMILES string of the molecule is COc1ccc(CC(Cc2ccccn2)NN)cc1OC. The smallest absolute Gasteiger partial charge is 0.160 e. The van der Waals surface area contributed by atoms with Gasteiger partial charge >= 0.3 is 0 Å². The van der Waals surface area contributed by atoms with Gasteiger partial charge in [-0.3, -0.25) is 16.3 Å². The van der Waals surface area contributed by atoms with Gasteiger partial charge in [0, 0.05) is 24.4 Å². The fourth-order valence-electron chi connectivity index (χ4n) is 2.25. The third kappa shape index (κ3) is 4.18. The molecule has 2 rings (SSSR count). The van der Waals surface area contributed by atoms with Gasteiger partial charge in [0.15, 0.2) is 11.5 Å². The molecule has 0 fully saturated rings. The Kier molecular flexibility index (Phi) is 5.54. The number of methoxy groups -OCH3 is 2. The van der Waals surface area contributed by atoms with Gasteiger partial charge in [0.2, 0.25) is 0 Å². The fraction of sp³-hybridized carbons (Fsp3) is 0.312. The summed E-state index contributed by atoms with van der Waals surface area (Å²) >= 11 is 0. The van der Waals surface area contributed by atoms with Crippen molar-refractivity contribution < 1.29 is 9.47 Å². The van der Waals surface area contributed by atoms with Crippen LogP contribution in [0.25, 0.3) is 0 Å². The number of hydrogen-bond acceptors (Lipinski definition) is 5. The van der Waals surface area contributed by atoms with Gasteiger partial charge in [0.05, 0.1) is 14.2 Å². The summed E-state index contributed by atoms with van der Waals surface area (Å²) in [5, 5.41) is 0. The van der Waals surface area contributed by atoms with Gasteiger partial charge in [0.1, 0.15) is 0 Å². The van der Waals surface area contributed by atoms with Crippen LogP contribution in [0.3, 0.4) is 0 Å². The normalized spacial score (nSPS) is 12.0. The van der Waals surface area contributed by atoms with Gasteiger partial charge in [-0.2, -0.15) is 0 Å². The Balaban J connectivity index is 2.08. The van der Waals surface area contributed by atoms with Crippen LogP contribution in [0.5, 0.6) is 11.5 Å². The monoisotopic (exact) mass is 287 g/mol.